The number of carbonyl (C=O) groups is 1. The SMILES string of the molecule is Cc1cc(CN(C)CC(=O)OC(C)(C)C)no1. The Balaban J connectivity index is 2.39. The Labute approximate surface area is 102 Å². The number of carbonyl (C=O) groups excluding carboxylic acids is 1. The summed E-state index contributed by atoms with van der Waals surface area (Å²) in [6, 6.07) is 1.85. The normalized spacial score (nSPS) is 11.9. The van der Waals surface area contributed by atoms with Crippen molar-refractivity contribution in [1.29, 1.82) is 0 Å². The van der Waals surface area contributed by atoms with Crippen molar-refractivity contribution in [3.63, 3.8) is 0 Å². The highest BCUT2D eigenvalue weighted by Gasteiger charge is 2.17. The van der Waals surface area contributed by atoms with Crippen LogP contribution >= 0.6 is 0 Å². The summed E-state index contributed by atoms with van der Waals surface area (Å²) in [7, 11) is 1.84. The van der Waals surface area contributed by atoms with Crippen LogP contribution in [0.4, 0.5) is 0 Å². The van der Waals surface area contributed by atoms with Gasteiger partial charge in [-0.1, -0.05) is 5.16 Å². The number of hydrogen-bond donors (Lipinski definition) is 0. The average molecular weight is 240 g/mol. The number of rotatable bonds is 4. The summed E-state index contributed by atoms with van der Waals surface area (Å²) in [4.78, 5) is 13.4. The topological polar surface area (TPSA) is 55.6 Å². The number of ether oxygens (including phenoxy) is 1. The average Bonchev–Trinajstić information content (AvgIpc) is 2.46. The van der Waals surface area contributed by atoms with Gasteiger partial charge in [0.15, 0.2) is 0 Å². The molecule has 0 atom stereocenters. The molecule has 1 aromatic heterocycles. The molecule has 0 saturated heterocycles. The number of hydrogen-bond acceptors (Lipinski definition) is 5. The lowest BCUT2D eigenvalue weighted by Crippen LogP contribution is -2.32. The molecular formula is C12H20N2O3. The van der Waals surface area contributed by atoms with Gasteiger partial charge in [-0.2, -0.15) is 0 Å². The molecule has 17 heavy (non-hydrogen) atoms. The Bertz CT molecular complexity index is 379. The van der Waals surface area contributed by atoms with Crippen molar-refractivity contribution < 1.29 is 14.1 Å². The van der Waals surface area contributed by atoms with E-state index in [0.29, 0.717) is 6.54 Å². The summed E-state index contributed by atoms with van der Waals surface area (Å²) >= 11 is 0. The first-order valence-corrected chi connectivity index (χ1v) is 5.59. The number of likely N-dealkylation sites (N-methyl/N-ethyl adjacent to an activating group) is 1. The first kappa shape index (κ1) is 13.7. The lowest BCUT2D eigenvalue weighted by Gasteiger charge is -2.21. The molecule has 0 spiro atoms. The molecule has 0 amide bonds. The van der Waals surface area contributed by atoms with Gasteiger partial charge >= 0.3 is 5.97 Å². The zero-order chi connectivity index (χ0) is 13.1. The molecule has 5 heteroatoms. The van der Waals surface area contributed by atoms with Gasteiger partial charge in [-0.05, 0) is 34.7 Å². The van der Waals surface area contributed by atoms with Crippen LogP contribution in [0.15, 0.2) is 10.6 Å². The van der Waals surface area contributed by atoms with Crippen molar-refractivity contribution in [2.24, 2.45) is 0 Å². The van der Waals surface area contributed by atoms with Gasteiger partial charge < -0.3 is 9.26 Å². The third-order valence-corrected chi connectivity index (χ3v) is 1.93. The highest BCUT2D eigenvalue weighted by Crippen LogP contribution is 2.08. The zero-order valence-corrected chi connectivity index (χ0v) is 11.1. The minimum atomic E-state index is -0.442. The molecule has 0 aromatic carbocycles. The van der Waals surface area contributed by atoms with Crippen molar-refractivity contribution in [2.75, 3.05) is 13.6 Å². The summed E-state index contributed by atoms with van der Waals surface area (Å²) < 4.78 is 10.2. The monoisotopic (exact) mass is 240 g/mol. The molecule has 1 rings (SSSR count). The molecule has 0 unspecified atom stereocenters. The van der Waals surface area contributed by atoms with Crippen LogP contribution in [0.1, 0.15) is 32.2 Å². The number of aromatic nitrogens is 1. The summed E-state index contributed by atoms with van der Waals surface area (Å²) in [6.07, 6.45) is 0. The van der Waals surface area contributed by atoms with E-state index in [9.17, 15) is 4.79 Å². The Morgan fingerprint density at radius 2 is 2.18 bits per heavy atom. The molecule has 0 fully saturated rings. The Morgan fingerprint density at radius 1 is 1.53 bits per heavy atom. The van der Waals surface area contributed by atoms with Gasteiger partial charge in [0.05, 0.1) is 12.2 Å². The maximum Gasteiger partial charge on any atom is 0.320 e. The minimum absolute atomic E-state index is 0.236. The maximum absolute atomic E-state index is 11.6. The quantitative estimate of drug-likeness (QED) is 0.750. The summed E-state index contributed by atoms with van der Waals surface area (Å²) in [5, 5.41) is 3.87. The molecule has 0 aliphatic carbocycles. The van der Waals surface area contributed by atoms with Gasteiger partial charge in [0.2, 0.25) is 0 Å². The molecular weight excluding hydrogens is 220 g/mol. The van der Waals surface area contributed by atoms with E-state index in [1.807, 2.05) is 45.7 Å². The number of aryl methyl sites for hydroxylation is 1. The van der Waals surface area contributed by atoms with E-state index in [4.69, 9.17) is 9.26 Å². The molecule has 0 radical (unpaired) electrons. The smallest absolute Gasteiger partial charge is 0.320 e. The highest BCUT2D eigenvalue weighted by molar-refractivity contribution is 5.72. The van der Waals surface area contributed by atoms with E-state index in [-0.39, 0.29) is 12.5 Å². The molecule has 1 heterocycles. The van der Waals surface area contributed by atoms with Crippen LogP contribution in [0.5, 0.6) is 0 Å². The molecule has 0 aliphatic rings. The first-order valence-electron chi connectivity index (χ1n) is 5.59. The summed E-state index contributed by atoms with van der Waals surface area (Å²) in [5.74, 6) is 0.533. The minimum Gasteiger partial charge on any atom is -0.459 e. The van der Waals surface area contributed by atoms with Gasteiger partial charge in [-0.25, -0.2) is 0 Å². The molecule has 0 aliphatic heterocycles. The van der Waals surface area contributed by atoms with E-state index in [1.54, 1.807) is 0 Å². The van der Waals surface area contributed by atoms with E-state index in [1.165, 1.54) is 0 Å². The second kappa shape index (κ2) is 5.31. The number of nitrogens with zero attached hydrogens (tertiary/aromatic N) is 2. The van der Waals surface area contributed by atoms with Crippen LogP contribution < -0.4 is 0 Å². The Morgan fingerprint density at radius 3 is 2.65 bits per heavy atom. The van der Waals surface area contributed by atoms with Crippen LogP contribution in [-0.4, -0.2) is 35.2 Å². The van der Waals surface area contributed by atoms with Crippen LogP contribution in [-0.2, 0) is 16.1 Å². The van der Waals surface area contributed by atoms with Gasteiger partial charge in [0.1, 0.15) is 11.4 Å². The Kier molecular flexibility index (Phi) is 4.28. The molecule has 5 nitrogen and oxygen atoms in total. The third-order valence-electron chi connectivity index (χ3n) is 1.93. The molecule has 0 saturated carbocycles. The molecule has 96 valence electrons. The molecule has 0 bridgehead atoms. The predicted octanol–water partition coefficient (Wildman–Crippen LogP) is 1.76. The number of esters is 1. The fourth-order valence-corrected chi connectivity index (χ4v) is 1.42. The van der Waals surface area contributed by atoms with Gasteiger partial charge in [0, 0.05) is 12.6 Å². The van der Waals surface area contributed by atoms with Gasteiger partial charge in [-0.15, -0.1) is 0 Å². The summed E-state index contributed by atoms with van der Waals surface area (Å²) in [5.41, 5.74) is 0.371. The highest BCUT2D eigenvalue weighted by atomic mass is 16.6. The van der Waals surface area contributed by atoms with Crippen molar-refractivity contribution in [3.05, 3.63) is 17.5 Å². The van der Waals surface area contributed by atoms with Gasteiger partial charge in [-0.3, -0.25) is 9.69 Å². The van der Waals surface area contributed by atoms with E-state index >= 15 is 0 Å². The van der Waals surface area contributed by atoms with Crippen LogP contribution in [0.25, 0.3) is 0 Å². The van der Waals surface area contributed by atoms with Gasteiger partial charge in [0.25, 0.3) is 0 Å². The van der Waals surface area contributed by atoms with Crippen LogP contribution in [0.3, 0.4) is 0 Å². The first-order chi connectivity index (χ1) is 7.76. The Hall–Kier alpha value is -1.36. The molecule has 1 aromatic rings. The van der Waals surface area contributed by atoms with Crippen molar-refractivity contribution in [2.45, 2.75) is 39.8 Å². The second-order valence-electron chi connectivity index (χ2n) is 5.19. The standard InChI is InChI=1S/C12H20N2O3/c1-9-6-10(13-17-9)7-14(5)8-11(15)16-12(2,3)4/h6H,7-8H2,1-5H3. The fraction of sp³-hybridized carbons (Fsp3) is 0.667. The summed E-state index contributed by atoms with van der Waals surface area (Å²) in [6.45, 7) is 8.20. The van der Waals surface area contributed by atoms with E-state index in [2.05, 4.69) is 5.16 Å². The van der Waals surface area contributed by atoms with E-state index in [0.717, 1.165) is 11.5 Å². The lowest BCUT2D eigenvalue weighted by atomic mass is 10.2. The predicted molar refractivity (Wildman–Crippen MR) is 63.4 cm³/mol. The molecule has 0 N–H and O–H groups in total. The van der Waals surface area contributed by atoms with E-state index < -0.39 is 5.60 Å². The van der Waals surface area contributed by atoms with Crippen molar-refractivity contribution >= 4 is 5.97 Å². The maximum atomic E-state index is 11.6. The lowest BCUT2D eigenvalue weighted by molar-refractivity contribution is -0.155. The van der Waals surface area contributed by atoms with Crippen LogP contribution in [0.2, 0.25) is 0 Å². The van der Waals surface area contributed by atoms with Crippen molar-refractivity contribution in [1.82, 2.24) is 10.1 Å². The third kappa shape index (κ3) is 5.49. The largest absolute Gasteiger partial charge is 0.459 e. The van der Waals surface area contributed by atoms with Crippen LogP contribution in [0, 0.1) is 6.92 Å². The second-order valence-corrected chi connectivity index (χ2v) is 5.19. The zero-order valence-electron chi connectivity index (χ0n) is 11.1. The fourth-order valence-electron chi connectivity index (χ4n) is 1.42. The van der Waals surface area contributed by atoms with Crippen molar-refractivity contribution in [3.8, 4) is 0 Å².